The molecule has 7 nitrogen and oxygen atoms in total. The Morgan fingerprint density at radius 1 is 1.19 bits per heavy atom. The van der Waals surface area contributed by atoms with Gasteiger partial charge in [0.05, 0.1) is 0 Å². The van der Waals surface area contributed by atoms with Crippen molar-refractivity contribution in [1.82, 2.24) is 5.32 Å². The van der Waals surface area contributed by atoms with Crippen LogP contribution in [0.15, 0.2) is 10.5 Å². The van der Waals surface area contributed by atoms with Crippen molar-refractivity contribution in [3.63, 3.8) is 0 Å². The first-order chi connectivity index (χ1) is 12.3. The summed E-state index contributed by atoms with van der Waals surface area (Å²) in [5, 5.41) is 14.4. The summed E-state index contributed by atoms with van der Waals surface area (Å²) in [6, 6.07) is 0.745. The molecule has 27 heavy (non-hydrogen) atoms. The monoisotopic (exact) mass is 442 g/mol. The van der Waals surface area contributed by atoms with Gasteiger partial charge in [-0.15, -0.1) is 0 Å². The summed E-state index contributed by atoms with van der Waals surface area (Å²) in [7, 11) is 0. The summed E-state index contributed by atoms with van der Waals surface area (Å²) < 4.78 is 5.97. The number of hydrogen-bond acceptors (Lipinski definition) is 4. The third-order valence-corrected chi connectivity index (χ3v) is 5.01. The van der Waals surface area contributed by atoms with Gasteiger partial charge >= 0.3 is 12.1 Å². The zero-order valence-corrected chi connectivity index (χ0v) is 18.1. The van der Waals surface area contributed by atoms with E-state index in [1.165, 1.54) is 0 Å². The Bertz CT molecular complexity index is 741. The van der Waals surface area contributed by atoms with Gasteiger partial charge in [-0.1, -0.05) is 22.0 Å². The topological polar surface area (TPSA) is 105 Å². The lowest BCUT2D eigenvalue weighted by atomic mass is 10.0. The zero-order chi connectivity index (χ0) is 20.9. The third kappa shape index (κ3) is 7.21. The molecule has 8 heteroatoms. The van der Waals surface area contributed by atoms with Gasteiger partial charge in [0, 0.05) is 16.6 Å². The quantitative estimate of drug-likeness (QED) is 0.615. The molecule has 0 aliphatic carbocycles. The number of nitrogens with one attached hydrogen (secondary N) is 2. The predicted molar refractivity (Wildman–Crippen MR) is 107 cm³/mol. The van der Waals surface area contributed by atoms with Gasteiger partial charge in [0.1, 0.15) is 11.6 Å². The molecule has 1 rings (SSSR count). The van der Waals surface area contributed by atoms with Crippen molar-refractivity contribution in [2.24, 2.45) is 0 Å². The molecule has 150 valence electrons. The highest BCUT2D eigenvalue weighted by Gasteiger charge is 2.24. The Balaban J connectivity index is 2.72. The normalized spacial score (nSPS) is 12.3. The second-order valence-electron chi connectivity index (χ2n) is 7.45. The van der Waals surface area contributed by atoms with E-state index in [4.69, 9.17) is 4.74 Å². The number of carbonyl (C=O) groups is 3. The van der Waals surface area contributed by atoms with Crippen LogP contribution < -0.4 is 10.6 Å². The first-order valence-corrected chi connectivity index (χ1v) is 9.39. The number of anilines is 1. The molecule has 0 aliphatic rings. The van der Waals surface area contributed by atoms with Crippen LogP contribution >= 0.6 is 15.9 Å². The minimum absolute atomic E-state index is 0.0501. The standard InChI is InChI=1S/C19H27BrN2O5/c1-10-9-11(2)16(12(3)15(10)20)22-14(23)8-7-13(17(24)25)21-18(26)27-19(4,5)6/h9,13H,7-8H2,1-6H3,(H,21,26)(H,22,23)(H,24,25)/t13-/m1/s1. The Hall–Kier alpha value is -2.09. The molecule has 0 aromatic heterocycles. The van der Waals surface area contributed by atoms with Crippen LogP contribution in [-0.4, -0.2) is 34.7 Å². The summed E-state index contributed by atoms with van der Waals surface area (Å²) in [5.41, 5.74) is 2.85. The first-order valence-electron chi connectivity index (χ1n) is 8.60. The van der Waals surface area contributed by atoms with Crippen LogP contribution in [0.4, 0.5) is 10.5 Å². The second-order valence-corrected chi connectivity index (χ2v) is 8.24. The Kier molecular flexibility index (Phi) is 7.83. The van der Waals surface area contributed by atoms with Crippen LogP contribution in [0.1, 0.15) is 50.3 Å². The predicted octanol–water partition coefficient (Wildman–Crippen LogP) is 4.07. The maximum Gasteiger partial charge on any atom is 0.408 e. The van der Waals surface area contributed by atoms with Gasteiger partial charge in [0.25, 0.3) is 0 Å². The fraction of sp³-hybridized carbons (Fsp3) is 0.526. The molecule has 1 aromatic carbocycles. The van der Waals surface area contributed by atoms with E-state index in [1.807, 2.05) is 26.8 Å². The minimum atomic E-state index is -1.22. The number of benzene rings is 1. The van der Waals surface area contributed by atoms with Crippen LogP contribution in [-0.2, 0) is 14.3 Å². The van der Waals surface area contributed by atoms with E-state index in [0.717, 1.165) is 21.2 Å². The first kappa shape index (κ1) is 23.0. The molecule has 0 spiro atoms. The SMILES string of the molecule is Cc1cc(C)c(NC(=O)CC[C@@H](NC(=O)OC(C)(C)C)C(=O)O)c(C)c1Br. The van der Waals surface area contributed by atoms with Gasteiger partial charge in [-0.2, -0.15) is 0 Å². The molecule has 0 heterocycles. The highest BCUT2D eigenvalue weighted by molar-refractivity contribution is 9.10. The number of aliphatic carboxylic acids is 1. The molecule has 0 bridgehead atoms. The molecule has 0 saturated carbocycles. The molecule has 2 amide bonds. The third-order valence-electron chi connectivity index (χ3n) is 3.79. The fourth-order valence-corrected chi connectivity index (χ4v) is 2.85. The van der Waals surface area contributed by atoms with E-state index in [0.29, 0.717) is 5.69 Å². The molecule has 1 aromatic rings. The fourth-order valence-electron chi connectivity index (χ4n) is 2.54. The number of amides is 2. The number of hydrogen-bond donors (Lipinski definition) is 3. The second kappa shape index (κ2) is 9.21. The number of alkyl carbamates (subject to hydrolysis) is 1. The Morgan fingerprint density at radius 3 is 2.30 bits per heavy atom. The molecule has 0 radical (unpaired) electrons. The van der Waals surface area contributed by atoms with Crippen LogP contribution in [0.5, 0.6) is 0 Å². The smallest absolute Gasteiger partial charge is 0.408 e. The van der Waals surface area contributed by atoms with E-state index >= 15 is 0 Å². The molecular formula is C19H27BrN2O5. The molecule has 3 N–H and O–H groups in total. The van der Waals surface area contributed by atoms with E-state index in [9.17, 15) is 19.5 Å². The van der Waals surface area contributed by atoms with Crippen molar-refractivity contribution in [1.29, 1.82) is 0 Å². The number of carboxylic acids is 1. The number of ether oxygens (including phenoxy) is 1. The van der Waals surface area contributed by atoms with E-state index in [1.54, 1.807) is 20.8 Å². The highest BCUT2D eigenvalue weighted by Crippen LogP contribution is 2.30. The molecular weight excluding hydrogens is 416 g/mol. The van der Waals surface area contributed by atoms with Gasteiger partial charge in [0.15, 0.2) is 0 Å². The van der Waals surface area contributed by atoms with Crippen molar-refractivity contribution in [3.8, 4) is 0 Å². The number of carbonyl (C=O) groups excluding carboxylic acids is 2. The van der Waals surface area contributed by atoms with Gasteiger partial charge in [-0.05, 0) is 64.7 Å². The lowest BCUT2D eigenvalue weighted by Gasteiger charge is -2.22. The van der Waals surface area contributed by atoms with Gasteiger partial charge in [0.2, 0.25) is 5.91 Å². The number of aryl methyl sites for hydroxylation is 2. The molecule has 0 aliphatic heterocycles. The lowest BCUT2D eigenvalue weighted by Crippen LogP contribution is -2.43. The summed E-state index contributed by atoms with van der Waals surface area (Å²) >= 11 is 3.50. The average Bonchev–Trinajstić information content (AvgIpc) is 2.51. The molecule has 0 unspecified atom stereocenters. The van der Waals surface area contributed by atoms with Crippen molar-refractivity contribution in [2.75, 3.05) is 5.32 Å². The van der Waals surface area contributed by atoms with Crippen LogP contribution in [0.25, 0.3) is 0 Å². The molecule has 1 atom stereocenters. The van der Waals surface area contributed by atoms with Gasteiger partial charge in [-0.25, -0.2) is 9.59 Å². The Morgan fingerprint density at radius 2 is 1.78 bits per heavy atom. The zero-order valence-electron chi connectivity index (χ0n) is 16.5. The summed E-state index contributed by atoms with van der Waals surface area (Å²) in [4.78, 5) is 35.4. The molecule has 0 fully saturated rings. The number of carboxylic acid groups (broad SMARTS) is 1. The largest absolute Gasteiger partial charge is 0.480 e. The highest BCUT2D eigenvalue weighted by atomic mass is 79.9. The number of halogens is 1. The summed E-state index contributed by atoms with van der Waals surface area (Å²) in [6.07, 6.45) is -0.938. The summed E-state index contributed by atoms with van der Waals surface area (Å²) in [6.45, 7) is 10.8. The maximum atomic E-state index is 12.3. The van der Waals surface area contributed by atoms with Crippen molar-refractivity contribution in [2.45, 2.75) is 66.0 Å². The molecule has 0 saturated heterocycles. The Labute approximate surface area is 168 Å². The number of rotatable bonds is 6. The van der Waals surface area contributed by atoms with E-state index < -0.39 is 23.7 Å². The van der Waals surface area contributed by atoms with Crippen LogP contribution in [0, 0.1) is 20.8 Å². The minimum Gasteiger partial charge on any atom is -0.480 e. The van der Waals surface area contributed by atoms with Gasteiger partial charge in [-0.3, -0.25) is 4.79 Å². The lowest BCUT2D eigenvalue weighted by molar-refractivity contribution is -0.139. The van der Waals surface area contributed by atoms with Crippen LogP contribution in [0.3, 0.4) is 0 Å². The van der Waals surface area contributed by atoms with Gasteiger partial charge < -0.3 is 20.5 Å². The van der Waals surface area contributed by atoms with Crippen molar-refractivity contribution < 1.29 is 24.2 Å². The van der Waals surface area contributed by atoms with Crippen molar-refractivity contribution >= 4 is 39.6 Å². The van der Waals surface area contributed by atoms with Crippen LogP contribution in [0.2, 0.25) is 0 Å². The van der Waals surface area contributed by atoms with E-state index in [-0.39, 0.29) is 18.7 Å². The summed E-state index contributed by atoms with van der Waals surface area (Å²) in [5.74, 6) is -1.55. The van der Waals surface area contributed by atoms with Crippen molar-refractivity contribution in [3.05, 3.63) is 27.2 Å². The van der Waals surface area contributed by atoms with E-state index in [2.05, 4.69) is 26.6 Å². The maximum absolute atomic E-state index is 12.3. The average molecular weight is 443 g/mol.